The maximum atomic E-state index is 13.6. The first-order valence-corrected chi connectivity index (χ1v) is 14.7. The molecule has 2 aromatic carbocycles. The van der Waals surface area contributed by atoms with Crippen LogP contribution in [0.15, 0.2) is 65.4 Å². The van der Waals surface area contributed by atoms with Crippen LogP contribution in [0.4, 0.5) is 23.9 Å². The van der Waals surface area contributed by atoms with Crippen LogP contribution in [0.25, 0.3) is 0 Å². The highest BCUT2D eigenvalue weighted by Gasteiger charge is 2.41. The lowest BCUT2D eigenvalue weighted by molar-refractivity contribution is -0.137. The van der Waals surface area contributed by atoms with E-state index < -0.39 is 11.7 Å². The number of ether oxygens (including phenoxy) is 1. The Labute approximate surface area is 252 Å². The lowest BCUT2D eigenvalue weighted by atomic mass is 9.86. The predicted octanol–water partition coefficient (Wildman–Crippen LogP) is 8.32. The standard InChI is InChI=1S/C30H33BrClF3N4O2/c1-4-25-14-26(15-27(12-20-8-6-5-7-9-20)39(25)29(40)41-19(2)3)38(28-36-16-23(31)17-37-28)18-21-10-22(30(33,34)35)13-24(32)11-21/h5-11,13,16-17,19,25-27H,4,12,14-15,18H2,1-3H3/t25-,26+,27+/m1/s1. The highest BCUT2D eigenvalue weighted by Crippen LogP contribution is 2.36. The highest BCUT2D eigenvalue weighted by molar-refractivity contribution is 9.10. The van der Waals surface area contributed by atoms with Crippen molar-refractivity contribution in [2.75, 3.05) is 4.90 Å². The summed E-state index contributed by atoms with van der Waals surface area (Å²) >= 11 is 9.50. The fourth-order valence-electron chi connectivity index (χ4n) is 5.41. The number of likely N-dealkylation sites (tertiary alicyclic amines) is 1. The minimum atomic E-state index is -4.53. The molecule has 6 nitrogen and oxygen atoms in total. The average Bonchev–Trinajstić information content (AvgIpc) is 2.91. The van der Waals surface area contributed by atoms with E-state index >= 15 is 0 Å². The van der Waals surface area contributed by atoms with E-state index in [1.54, 1.807) is 12.4 Å². The molecule has 0 aliphatic carbocycles. The summed E-state index contributed by atoms with van der Waals surface area (Å²) in [5, 5.41) is 0.00568. The number of amides is 1. The zero-order chi connectivity index (χ0) is 29.7. The van der Waals surface area contributed by atoms with Crippen LogP contribution in [0, 0.1) is 0 Å². The van der Waals surface area contributed by atoms with E-state index in [1.807, 2.05) is 60.9 Å². The smallest absolute Gasteiger partial charge is 0.416 e. The molecule has 1 aromatic heterocycles. The van der Waals surface area contributed by atoms with Crippen LogP contribution in [0.3, 0.4) is 0 Å². The Kier molecular flexibility index (Phi) is 10.2. The van der Waals surface area contributed by atoms with E-state index in [1.165, 1.54) is 6.07 Å². The lowest BCUT2D eigenvalue weighted by Crippen LogP contribution is -2.58. The molecule has 1 aliphatic rings. The van der Waals surface area contributed by atoms with E-state index in [9.17, 15) is 18.0 Å². The summed E-state index contributed by atoms with van der Waals surface area (Å²) in [4.78, 5) is 26.2. The lowest BCUT2D eigenvalue weighted by Gasteiger charge is -2.47. The first-order chi connectivity index (χ1) is 19.4. The summed E-state index contributed by atoms with van der Waals surface area (Å²) in [5.41, 5.74) is 0.661. The molecule has 3 aromatic rings. The van der Waals surface area contributed by atoms with Gasteiger partial charge in [0.05, 0.1) is 16.1 Å². The molecular formula is C30H33BrClF3N4O2. The number of halogens is 5. The minimum Gasteiger partial charge on any atom is -0.447 e. The van der Waals surface area contributed by atoms with Gasteiger partial charge in [-0.15, -0.1) is 0 Å². The fourth-order valence-corrected chi connectivity index (χ4v) is 5.88. The topological polar surface area (TPSA) is 58.6 Å². The van der Waals surface area contributed by atoms with Crippen molar-refractivity contribution in [3.05, 3.63) is 87.1 Å². The molecule has 4 rings (SSSR count). The summed E-state index contributed by atoms with van der Waals surface area (Å²) in [6, 6.07) is 13.0. The monoisotopic (exact) mass is 652 g/mol. The largest absolute Gasteiger partial charge is 0.447 e. The van der Waals surface area contributed by atoms with Crippen LogP contribution in [0.1, 0.15) is 56.7 Å². The SMILES string of the molecule is CC[C@@H]1C[C@H](N(Cc2cc(Cl)cc(C(F)(F)F)c2)c2ncc(Br)cn2)C[C@H](Cc2ccccc2)N1C(=O)OC(C)C. The molecule has 0 unspecified atom stereocenters. The average molecular weight is 654 g/mol. The van der Waals surface area contributed by atoms with Gasteiger partial charge in [0.2, 0.25) is 5.95 Å². The van der Waals surface area contributed by atoms with Gasteiger partial charge in [-0.3, -0.25) is 0 Å². The van der Waals surface area contributed by atoms with Gasteiger partial charge in [-0.05, 0) is 84.8 Å². The van der Waals surface area contributed by atoms with Crippen LogP contribution in [-0.4, -0.2) is 45.2 Å². The van der Waals surface area contributed by atoms with Gasteiger partial charge < -0.3 is 14.5 Å². The summed E-state index contributed by atoms with van der Waals surface area (Å²) in [7, 11) is 0. The van der Waals surface area contributed by atoms with E-state index in [2.05, 4.69) is 25.9 Å². The molecule has 220 valence electrons. The maximum Gasteiger partial charge on any atom is 0.416 e. The third-order valence-corrected chi connectivity index (χ3v) is 7.78. The Bertz CT molecular complexity index is 1310. The van der Waals surface area contributed by atoms with E-state index in [4.69, 9.17) is 16.3 Å². The summed E-state index contributed by atoms with van der Waals surface area (Å²) in [6.07, 6.45) is 0.464. The number of carbonyl (C=O) groups is 1. The van der Waals surface area contributed by atoms with Gasteiger partial charge in [-0.1, -0.05) is 48.9 Å². The van der Waals surface area contributed by atoms with Crippen LogP contribution in [0.2, 0.25) is 5.02 Å². The Hall–Kier alpha value is -2.85. The second-order valence-electron chi connectivity index (χ2n) is 10.5. The maximum absolute atomic E-state index is 13.6. The Morgan fingerprint density at radius 1 is 1.10 bits per heavy atom. The normalized spacial score (nSPS) is 19.3. The summed E-state index contributed by atoms with van der Waals surface area (Å²) in [6.45, 7) is 5.78. The van der Waals surface area contributed by atoms with Crippen molar-refractivity contribution >= 4 is 39.6 Å². The van der Waals surface area contributed by atoms with E-state index in [-0.39, 0.29) is 41.9 Å². The van der Waals surface area contributed by atoms with Crippen molar-refractivity contribution in [3.63, 3.8) is 0 Å². The number of piperidine rings is 1. The molecular weight excluding hydrogens is 621 g/mol. The van der Waals surface area contributed by atoms with Gasteiger partial charge in [-0.25, -0.2) is 14.8 Å². The van der Waals surface area contributed by atoms with Crippen molar-refractivity contribution in [3.8, 4) is 0 Å². The van der Waals surface area contributed by atoms with Crippen molar-refractivity contribution in [1.29, 1.82) is 0 Å². The Balaban J connectivity index is 1.73. The van der Waals surface area contributed by atoms with Crippen LogP contribution in [0.5, 0.6) is 0 Å². The van der Waals surface area contributed by atoms with Gasteiger partial charge in [-0.2, -0.15) is 13.2 Å². The molecule has 2 heterocycles. The Morgan fingerprint density at radius 2 is 1.76 bits per heavy atom. The van der Waals surface area contributed by atoms with E-state index in [0.29, 0.717) is 41.7 Å². The molecule has 1 saturated heterocycles. The second kappa shape index (κ2) is 13.4. The van der Waals surface area contributed by atoms with Crippen LogP contribution < -0.4 is 4.90 Å². The van der Waals surface area contributed by atoms with Crippen molar-refractivity contribution < 1.29 is 22.7 Å². The number of nitrogens with zero attached hydrogens (tertiary/aromatic N) is 4. The van der Waals surface area contributed by atoms with Gasteiger partial charge in [0, 0.05) is 42.1 Å². The number of rotatable bonds is 8. The number of anilines is 1. The zero-order valence-corrected chi connectivity index (χ0v) is 25.5. The number of hydrogen-bond donors (Lipinski definition) is 0. The number of alkyl halides is 3. The molecule has 41 heavy (non-hydrogen) atoms. The molecule has 1 amide bonds. The zero-order valence-electron chi connectivity index (χ0n) is 23.1. The Morgan fingerprint density at radius 3 is 2.37 bits per heavy atom. The second-order valence-corrected chi connectivity index (χ2v) is 11.9. The molecule has 11 heteroatoms. The molecule has 0 spiro atoms. The molecule has 1 fully saturated rings. The first kappa shape index (κ1) is 31.1. The number of benzene rings is 2. The highest BCUT2D eigenvalue weighted by atomic mass is 79.9. The number of carbonyl (C=O) groups excluding carboxylic acids is 1. The first-order valence-electron chi connectivity index (χ1n) is 13.6. The quantitative estimate of drug-likeness (QED) is 0.245. The molecule has 3 atom stereocenters. The molecule has 1 aliphatic heterocycles. The third-order valence-electron chi connectivity index (χ3n) is 7.15. The minimum absolute atomic E-state index is 0.00568. The molecule has 0 saturated carbocycles. The van der Waals surface area contributed by atoms with Crippen LogP contribution in [-0.2, 0) is 23.9 Å². The van der Waals surface area contributed by atoms with E-state index in [0.717, 1.165) is 17.7 Å². The van der Waals surface area contributed by atoms with Gasteiger partial charge >= 0.3 is 12.3 Å². The van der Waals surface area contributed by atoms with Gasteiger partial charge in [0.15, 0.2) is 0 Å². The molecule has 0 radical (unpaired) electrons. The third kappa shape index (κ3) is 8.13. The molecule has 0 bridgehead atoms. The van der Waals surface area contributed by atoms with Crippen molar-refractivity contribution in [2.45, 2.75) is 83.4 Å². The van der Waals surface area contributed by atoms with Crippen molar-refractivity contribution in [2.24, 2.45) is 0 Å². The van der Waals surface area contributed by atoms with Gasteiger partial charge in [0.1, 0.15) is 0 Å². The van der Waals surface area contributed by atoms with Crippen molar-refractivity contribution in [1.82, 2.24) is 14.9 Å². The summed E-state index contributed by atoms with van der Waals surface area (Å²) < 4.78 is 47.2. The fraction of sp³-hybridized carbons (Fsp3) is 0.433. The van der Waals surface area contributed by atoms with Gasteiger partial charge in [0.25, 0.3) is 0 Å². The van der Waals surface area contributed by atoms with Crippen LogP contribution >= 0.6 is 27.5 Å². The molecule has 0 N–H and O–H groups in total. The number of aromatic nitrogens is 2. The summed E-state index contributed by atoms with van der Waals surface area (Å²) in [5.74, 6) is 0.387. The predicted molar refractivity (Wildman–Crippen MR) is 157 cm³/mol. The number of hydrogen-bond acceptors (Lipinski definition) is 5.